The van der Waals surface area contributed by atoms with Crippen LogP contribution in [0, 0.1) is 19.7 Å². The Morgan fingerprint density at radius 2 is 1.71 bits per heavy atom. The third-order valence-corrected chi connectivity index (χ3v) is 11.5. The number of hydrogen-bond donors (Lipinski definition) is 0. The molecule has 10 nitrogen and oxygen atoms in total. The van der Waals surface area contributed by atoms with Gasteiger partial charge in [0.05, 0.1) is 33.9 Å². The molecule has 0 N–H and O–H groups in total. The molecule has 0 radical (unpaired) electrons. The summed E-state index contributed by atoms with van der Waals surface area (Å²) in [6.07, 6.45) is 0.465. The van der Waals surface area contributed by atoms with E-state index in [9.17, 15) is 29.6 Å². The first-order valence-electron chi connectivity index (χ1n) is 10.5. The Labute approximate surface area is 200 Å². The monoisotopic (exact) mass is 536 g/mol. The quantitative estimate of drug-likeness (QED) is 0.469. The van der Waals surface area contributed by atoms with Crippen LogP contribution in [0.3, 0.4) is 0 Å². The molecule has 190 valence electrons. The van der Waals surface area contributed by atoms with Crippen molar-refractivity contribution in [1.29, 1.82) is 0 Å². The summed E-state index contributed by atoms with van der Waals surface area (Å²) >= 11 is 0. The van der Waals surface area contributed by atoms with Gasteiger partial charge in [-0.05, 0) is 44.5 Å². The smallest absolute Gasteiger partial charge is 0.242 e. The largest absolute Gasteiger partial charge is 0.265 e. The zero-order valence-electron chi connectivity index (χ0n) is 19.5. The third kappa shape index (κ3) is 5.67. The van der Waals surface area contributed by atoms with Crippen LogP contribution in [-0.4, -0.2) is 81.5 Å². The average Bonchev–Trinajstić information content (AvgIpc) is 3.25. The number of halogens is 1. The molecule has 0 amide bonds. The number of aryl methyl sites for hydroxylation is 1. The molecule has 2 heterocycles. The Morgan fingerprint density at radius 3 is 2.26 bits per heavy atom. The molecule has 0 aliphatic carbocycles. The van der Waals surface area contributed by atoms with Gasteiger partial charge in [0.2, 0.25) is 20.0 Å². The van der Waals surface area contributed by atoms with Gasteiger partial charge in [0.1, 0.15) is 5.82 Å². The molecule has 1 aliphatic heterocycles. The highest BCUT2D eigenvalue weighted by Crippen LogP contribution is 2.27. The van der Waals surface area contributed by atoms with Crippen LogP contribution in [0.1, 0.15) is 29.4 Å². The van der Waals surface area contributed by atoms with E-state index < -0.39 is 41.5 Å². The highest BCUT2D eigenvalue weighted by atomic mass is 32.2. The van der Waals surface area contributed by atoms with Gasteiger partial charge in [0.15, 0.2) is 9.84 Å². The fourth-order valence-corrected chi connectivity index (χ4v) is 8.00. The van der Waals surface area contributed by atoms with E-state index >= 15 is 0 Å². The van der Waals surface area contributed by atoms with Gasteiger partial charge in [0, 0.05) is 38.4 Å². The van der Waals surface area contributed by atoms with Crippen LogP contribution in [0.15, 0.2) is 29.2 Å². The number of nitrogens with zero attached hydrogens (tertiary/aromatic N) is 4. The number of hydrogen-bond acceptors (Lipinski definition) is 7. The molecule has 0 bridgehead atoms. The lowest BCUT2D eigenvalue weighted by Gasteiger charge is -2.21. The van der Waals surface area contributed by atoms with E-state index in [1.807, 2.05) is 0 Å². The molecule has 1 atom stereocenters. The maximum absolute atomic E-state index is 13.1. The average molecular weight is 537 g/mol. The minimum absolute atomic E-state index is 0.0113. The van der Waals surface area contributed by atoms with Gasteiger partial charge in [0.25, 0.3) is 0 Å². The van der Waals surface area contributed by atoms with Crippen molar-refractivity contribution in [3.8, 4) is 0 Å². The summed E-state index contributed by atoms with van der Waals surface area (Å²) in [6.45, 7) is 3.26. The standard InChI is InChI=1S/C20H29FN4O6S3/c1-15-20(16(2)25(22-15)18-9-11-32(26,27)14-18)13-24(4)33(28,29)12-10-23(3)34(30,31)19-7-5-17(21)6-8-19/h5-8,18H,9-14H2,1-4H3/t18-/m1/s1. The van der Waals surface area contributed by atoms with Crippen LogP contribution in [0.25, 0.3) is 0 Å². The fraction of sp³-hybridized carbons (Fsp3) is 0.550. The predicted octanol–water partition coefficient (Wildman–Crippen LogP) is 1.08. The maximum Gasteiger partial charge on any atom is 0.242 e. The normalized spacial score (nSPS) is 18.7. The minimum atomic E-state index is -3.97. The Morgan fingerprint density at radius 1 is 1.09 bits per heavy atom. The van der Waals surface area contributed by atoms with Gasteiger partial charge in [-0.15, -0.1) is 0 Å². The lowest BCUT2D eigenvalue weighted by molar-refractivity contribution is 0.449. The first kappa shape index (κ1) is 26.7. The lowest BCUT2D eigenvalue weighted by Crippen LogP contribution is -2.36. The molecule has 1 aromatic carbocycles. The minimum Gasteiger partial charge on any atom is -0.265 e. The summed E-state index contributed by atoms with van der Waals surface area (Å²) in [5, 5.41) is 4.46. The predicted molar refractivity (Wildman–Crippen MR) is 125 cm³/mol. The zero-order chi connectivity index (χ0) is 25.5. The summed E-state index contributed by atoms with van der Waals surface area (Å²) in [7, 11) is -8.23. The summed E-state index contributed by atoms with van der Waals surface area (Å²) in [5.41, 5.74) is 2.00. The Kier molecular flexibility index (Phi) is 7.58. The Bertz CT molecular complexity index is 1370. The highest BCUT2D eigenvalue weighted by molar-refractivity contribution is 7.91. The van der Waals surface area contributed by atoms with E-state index in [0.29, 0.717) is 23.4 Å². The molecule has 3 rings (SSSR count). The summed E-state index contributed by atoms with van der Waals surface area (Å²) < 4.78 is 91.5. The molecule has 1 aromatic heterocycles. The summed E-state index contributed by atoms with van der Waals surface area (Å²) in [6, 6.07) is 4.03. The molecule has 1 fully saturated rings. The molecule has 0 spiro atoms. The number of rotatable bonds is 9. The van der Waals surface area contributed by atoms with Crippen molar-refractivity contribution in [1.82, 2.24) is 18.4 Å². The van der Waals surface area contributed by atoms with Crippen molar-refractivity contribution >= 4 is 29.9 Å². The van der Waals surface area contributed by atoms with E-state index in [1.165, 1.54) is 14.1 Å². The number of sulfonamides is 2. The fourth-order valence-electron chi connectivity index (χ4n) is 3.88. The molecule has 2 aromatic rings. The van der Waals surface area contributed by atoms with Crippen molar-refractivity contribution < 1.29 is 29.6 Å². The number of sulfone groups is 1. The van der Waals surface area contributed by atoms with Crippen LogP contribution in [-0.2, 0) is 36.4 Å². The second-order valence-electron chi connectivity index (χ2n) is 8.50. The molecule has 1 saturated heterocycles. The van der Waals surface area contributed by atoms with Crippen LogP contribution < -0.4 is 0 Å². The van der Waals surface area contributed by atoms with E-state index in [4.69, 9.17) is 0 Å². The number of aromatic nitrogens is 2. The lowest BCUT2D eigenvalue weighted by atomic mass is 10.2. The Hall–Kier alpha value is -1.87. The topological polar surface area (TPSA) is 127 Å². The summed E-state index contributed by atoms with van der Waals surface area (Å²) in [5.74, 6) is -0.909. The highest BCUT2D eigenvalue weighted by Gasteiger charge is 2.32. The van der Waals surface area contributed by atoms with E-state index in [0.717, 1.165) is 32.9 Å². The molecular formula is C20H29FN4O6S3. The van der Waals surface area contributed by atoms with Gasteiger partial charge in [-0.25, -0.2) is 33.9 Å². The molecule has 0 saturated carbocycles. The van der Waals surface area contributed by atoms with E-state index in [-0.39, 0.29) is 35.5 Å². The third-order valence-electron chi connectivity index (χ3n) is 6.07. The van der Waals surface area contributed by atoms with Crippen LogP contribution in [0.2, 0.25) is 0 Å². The van der Waals surface area contributed by atoms with Gasteiger partial charge < -0.3 is 0 Å². The molecule has 34 heavy (non-hydrogen) atoms. The van der Waals surface area contributed by atoms with Crippen molar-refractivity contribution in [2.45, 2.75) is 37.8 Å². The van der Waals surface area contributed by atoms with Gasteiger partial charge in [-0.2, -0.15) is 9.40 Å². The van der Waals surface area contributed by atoms with Gasteiger partial charge >= 0.3 is 0 Å². The SMILES string of the molecule is Cc1nn([C@@H]2CCS(=O)(=O)C2)c(C)c1CN(C)S(=O)(=O)CCN(C)S(=O)(=O)c1ccc(F)cc1. The molecule has 14 heteroatoms. The first-order chi connectivity index (χ1) is 15.6. The van der Waals surface area contributed by atoms with Crippen LogP contribution in [0.4, 0.5) is 4.39 Å². The molecular weight excluding hydrogens is 507 g/mol. The van der Waals surface area contributed by atoms with Crippen molar-refractivity contribution in [3.05, 3.63) is 47.0 Å². The zero-order valence-corrected chi connectivity index (χ0v) is 21.9. The van der Waals surface area contributed by atoms with Crippen LogP contribution in [0.5, 0.6) is 0 Å². The van der Waals surface area contributed by atoms with Crippen molar-refractivity contribution in [3.63, 3.8) is 0 Å². The number of benzene rings is 1. The van der Waals surface area contributed by atoms with Crippen LogP contribution >= 0.6 is 0 Å². The van der Waals surface area contributed by atoms with Gasteiger partial charge in [-0.3, -0.25) is 4.68 Å². The molecule has 1 aliphatic rings. The van der Waals surface area contributed by atoms with Crippen molar-refractivity contribution in [2.75, 3.05) is 37.9 Å². The summed E-state index contributed by atoms with van der Waals surface area (Å²) in [4.78, 5) is -0.130. The van der Waals surface area contributed by atoms with E-state index in [2.05, 4.69) is 5.10 Å². The second-order valence-corrected chi connectivity index (χ2v) is 15.0. The van der Waals surface area contributed by atoms with E-state index in [1.54, 1.807) is 18.5 Å². The second kappa shape index (κ2) is 9.64. The molecule has 0 unspecified atom stereocenters. The maximum atomic E-state index is 13.1. The van der Waals surface area contributed by atoms with Crippen molar-refractivity contribution in [2.24, 2.45) is 0 Å². The Balaban J connectivity index is 1.69. The first-order valence-corrected chi connectivity index (χ1v) is 15.4. The van der Waals surface area contributed by atoms with Gasteiger partial charge in [-0.1, -0.05) is 0 Å².